The van der Waals surface area contributed by atoms with Crippen LogP contribution in [0.5, 0.6) is 11.5 Å². The number of benzene rings is 4. The van der Waals surface area contributed by atoms with Crippen molar-refractivity contribution in [2.45, 2.75) is 33.1 Å². The second-order valence-electron chi connectivity index (χ2n) is 12.8. The quantitative estimate of drug-likeness (QED) is 0.0337. The van der Waals surface area contributed by atoms with Gasteiger partial charge in [-0.15, -0.1) is 20.5 Å². The number of nitrogen functional groups attached to an aromatic ring is 1. The number of ether oxygens (including phenoxy) is 1. The summed E-state index contributed by atoms with van der Waals surface area (Å²) >= 11 is 0. The molecule has 5 aromatic rings. The van der Waals surface area contributed by atoms with Crippen LogP contribution in [0.25, 0.3) is 10.8 Å². The number of carbonyl (C=O) groups is 1. The maximum atomic E-state index is 13.2. The highest BCUT2D eigenvalue weighted by atomic mass is 32.3. The first-order valence-electron chi connectivity index (χ1n) is 17.0. The number of rotatable bonds is 17. The summed E-state index contributed by atoms with van der Waals surface area (Å²) in [5, 5.41) is 35.3. The Kier molecular flexibility index (Phi) is 13.6. The second-order valence-corrected chi connectivity index (χ2v) is 20.9. The minimum absolute atomic E-state index is 0.00536. The first-order valence-corrected chi connectivity index (χ1v) is 24.5. The van der Waals surface area contributed by atoms with Crippen molar-refractivity contribution < 1.29 is 84.2 Å². The van der Waals surface area contributed by atoms with Gasteiger partial charge in [0.2, 0.25) is 0 Å². The van der Waals surface area contributed by atoms with Gasteiger partial charge >= 0.3 is 16.4 Å². The molecule has 0 radical (unpaired) electrons. The number of nitrogens with two attached hydrogens (primary N) is 1. The van der Waals surface area contributed by atoms with Gasteiger partial charge in [0.1, 0.15) is 56.6 Å². The van der Waals surface area contributed by atoms with E-state index < -0.39 is 112 Å². The molecule has 7 N–H and O–H groups in total. The molecule has 63 heavy (non-hydrogen) atoms. The van der Waals surface area contributed by atoms with Gasteiger partial charge in [-0.25, -0.2) is 30.4 Å². The van der Waals surface area contributed by atoms with Crippen molar-refractivity contribution in [1.29, 1.82) is 0 Å². The van der Waals surface area contributed by atoms with E-state index in [0.717, 1.165) is 62.2 Å². The summed E-state index contributed by atoms with van der Waals surface area (Å²) < 4.78 is 164. The van der Waals surface area contributed by atoms with Crippen molar-refractivity contribution in [1.82, 2.24) is 4.98 Å². The van der Waals surface area contributed by atoms with Crippen LogP contribution in [0, 0.1) is 6.92 Å². The molecule has 0 saturated carbocycles. The molecule has 30 heteroatoms. The fourth-order valence-electron chi connectivity index (χ4n) is 5.62. The topological polar surface area (TPSA) is 400 Å². The zero-order valence-corrected chi connectivity index (χ0v) is 36.1. The van der Waals surface area contributed by atoms with Crippen molar-refractivity contribution in [2.24, 2.45) is 20.5 Å². The van der Waals surface area contributed by atoms with E-state index in [4.69, 9.17) is 20.1 Å². The number of aromatic carboxylic acids is 1. The number of phenolic OH excluding ortho intramolecular Hbond substituents is 1. The normalized spacial score (nSPS) is 13.0. The fourth-order valence-corrected chi connectivity index (χ4v) is 10.0. The highest BCUT2D eigenvalue weighted by molar-refractivity contribution is 7.92. The van der Waals surface area contributed by atoms with E-state index in [0.29, 0.717) is 6.07 Å². The van der Waals surface area contributed by atoms with Gasteiger partial charge in [0.15, 0.2) is 31.6 Å². The minimum atomic E-state index is -5.30. The van der Waals surface area contributed by atoms with E-state index in [1.807, 2.05) is 0 Å². The Hall–Kier alpha value is -6.12. The van der Waals surface area contributed by atoms with Gasteiger partial charge in [-0.3, -0.25) is 13.7 Å². The zero-order valence-electron chi connectivity index (χ0n) is 32.0. The molecule has 5 rings (SSSR count). The molecule has 0 aliphatic heterocycles. The lowest BCUT2D eigenvalue weighted by Gasteiger charge is -2.13. The summed E-state index contributed by atoms with van der Waals surface area (Å²) in [6.07, 6.45) is 3.33. The van der Waals surface area contributed by atoms with E-state index in [1.54, 1.807) is 0 Å². The van der Waals surface area contributed by atoms with Crippen molar-refractivity contribution in [2.75, 3.05) is 31.0 Å². The Bertz CT molecular complexity index is 3330. The lowest BCUT2D eigenvalue weighted by Crippen LogP contribution is -2.38. The number of anilines is 1. The van der Waals surface area contributed by atoms with Crippen LogP contribution in [0.3, 0.4) is 0 Å². The molecule has 4 aromatic carbocycles. The number of nitrogens with zero attached hydrogens (tertiary/aromatic N) is 6. The summed E-state index contributed by atoms with van der Waals surface area (Å²) in [5.41, 5.74) is 3.46. The lowest BCUT2D eigenvalue weighted by molar-refractivity contribution is -0.695. The number of phenols is 1. The van der Waals surface area contributed by atoms with Gasteiger partial charge in [-0.05, 0) is 55.0 Å². The van der Waals surface area contributed by atoms with Crippen molar-refractivity contribution >= 4 is 95.5 Å². The second kappa shape index (κ2) is 17.9. The molecule has 0 amide bonds. The summed E-state index contributed by atoms with van der Waals surface area (Å²) in [4.78, 5) is 11.9. The van der Waals surface area contributed by atoms with Crippen molar-refractivity contribution in [3.8, 4) is 11.5 Å². The van der Waals surface area contributed by atoms with Crippen LogP contribution in [-0.4, -0.2) is 102 Å². The van der Waals surface area contributed by atoms with Crippen LogP contribution >= 0.6 is 0 Å². The monoisotopic (exact) mass is 974 g/mol. The number of fused-ring (bicyclic) bond motifs is 1. The smallest absolute Gasteiger partial charge is 0.397 e. The van der Waals surface area contributed by atoms with E-state index in [1.165, 1.54) is 17.6 Å². The third-order valence-electron chi connectivity index (χ3n) is 8.59. The number of azo groups is 2. The number of hydrogen-bond acceptors (Lipinski definition) is 20. The maximum absolute atomic E-state index is 13.2. The van der Waals surface area contributed by atoms with Crippen LogP contribution in [-0.2, 0) is 61.0 Å². The van der Waals surface area contributed by atoms with Crippen LogP contribution in [0.1, 0.15) is 15.9 Å². The van der Waals surface area contributed by atoms with E-state index in [2.05, 4.69) is 29.6 Å². The standard InChI is InChI=1S/C33H31N7O18S5/c1-18-11-25(26(57-2)14-27(18)60(46,47)10-8-58-63(54,55)56)37-39-31-29(62(51,52)53)13-22-21(32(31)41)4-5-23(34)30(22)38-36-24-6-3-20(12-28(24)61(48,49)50)59(44,45)9-7-40-16-19(33(42)43)15-35-17-40/h3-6,11-17H,7-10H2,1-2H3,(H6-,34,36,37,41,42,43,48,49,50,51,52,53,54,55,56)/p+1. The highest BCUT2D eigenvalue weighted by Crippen LogP contribution is 2.46. The zero-order chi connectivity index (χ0) is 46.9. The minimum Gasteiger partial charge on any atom is -0.505 e. The predicted molar refractivity (Wildman–Crippen MR) is 215 cm³/mol. The molecule has 0 bridgehead atoms. The van der Waals surface area contributed by atoms with Gasteiger partial charge in [-0.1, -0.05) is 4.98 Å². The maximum Gasteiger partial charge on any atom is 0.397 e. The summed E-state index contributed by atoms with van der Waals surface area (Å²) in [7, 11) is -22.9. The number of aryl methyl sites for hydroxylation is 2. The molecule has 0 unspecified atom stereocenters. The van der Waals surface area contributed by atoms with E-state index in [9.17, 15) is 61.1 Å². The van der Waals surface area contributed by atoms with Crippen LogP contribution in [0.15, 0.2) is 107 Å². The van der Waals surface area contributed by atoms with Gasteiger partial charge < -0.3 is 20.7 Å². The van der Waals surface area contributed by atoms with Crippen molar-refractivity contribution in [3.05, 3.63) is 78.4 Å². The molecule has 0 saturated heterocycles. The van der Waals surface area contributed by atoms with Gasteiger partial charge in [0.05, 0.1) is 40.7 Å². The lowest BCUT2D eigenvalue weighted by atomic mass is 10.1. The largest absolute Gasteiger partial charge is 0.505 e. The molecule has 0 spiro atoms. The molecule has 1 aromatic heterocycles. The number of carboxylic acids is 1. The number of carboxylic acid groups (broad SMARTS) is 1. The molecule has 25 nitrogen and oxygen atoms in total. The first-order chi connectivity index (χ1) is 29.1. The molecule has 0 atom stereocenters. The average molecular weight is 975 g/mol. The number of hydrogen-bond donors (Lipinski definition) is 6. The predicted octanol–water partition coefficient (Wildman–Crippen LogP) is 3.22. The highest BCUT2D eigenvalue weighted by Gasteiger charge is 2.27. The summed E-state index contributed by atoms with van der Waals surface area (Å²) in [6, 6.07) is 7.62. The van der Waals surface area contributed by atoms with Crippen LogP contribution in [0.4, 0.5) is 28.4 Å². The number of aromatic nitrogens is 2. The SMILES string of the molecule is COc1cc(S(=O)(=O)CCOS(=O)(=O)O)c(C)cc1N=Nc1c(S(=O)(=O)O)cc2c(N=Nc3ccc(S(=O)(=O)CC[n+]4cncc(C(=O)O)c4)cc3S(=O)(=O)O)c(N)ccc2c1O. The molecule has 1 heterocycles. The Morgan fingerprint density at radius 2 is 1.41 bits per heavy atom. The molecular weight excluding hydrogens is 943 g/mol. The Morgan fingerprint density at radius 3 is 2.03 bits per heavy atom. The fraction of sp³-hybridized carbons (Fsp3) is 0.182. The van der Waals surface area contributed by atoms with Crippen LogP contribution in [0.2, 0.25) is 0 Å². The van der Waals surface area contributed by atoms with Gasteiger partial charge in [0.25, 0.3) is 26.6 Å². The number of sulfone groups is 2. The first kappa shape index (κ1) is 47.9. The van der Waals surface area contributed by atoms with E-state index >= 15 is 0 Å². The molecule has 336 valence electrons. The third kappa shape index (κ3) is 11.3. The Balaban J connectivity index is 1.54. The van der Waals surface area contributed by atoms with E-state index in [-0.39, 0.29) is 50.5 Å². The summed E-state index contributed by atoms with van der Waals surface area (Å²) in [6.45, 7) is 0.0723. The summed E-state index contributed by atoms with van der Waals surface area (Å²) in [5.74, 6) is -4.09. The Morgan fingerprint density at radius 1 is 0.762 bits per heavy atom. The Labute approximate surface area is 357 Å². The van der Waals surface area contributed by atoms with Crippen molar-refractivity contribution in [3.63, 3.8) is 0 Å². The molecule has 0 aliphatic carbocycles. The van der Waals surface area contributed by atoms with Crippen LogP contribution < -0.4 is 15.0 Å². The average Bonchev–Trinajstić information content (AvgIpc) is 3.17. The molecular formula is C33H32N7O18S5+. The van der Waals surface area contributed by atoms with Gasteiger partial charge in [0, 0.05) is 16.8 Å². The molecule has 0 fully saturated rings. The number of aromatic hydroxyl groups is 1. The third-order valence-corrected chi connectivity index (χ3v) is 14.3. The molecule has 0 aliphatic rings. The number of methoxy groups -OCH3 is 1. The van der Waals surface area contributed by atoms with Gasteiger partial charge in [-0.2, -0.15) is 25.3 Å².